The Labute approximate surface area is 123 Å². The van der Waals surface area contributed by atoms with E-state index in [4.69, 9.17) is 11.6 Å². The number of aliphatic hydroxyl groups excluding tert-OH is 1. The second-order valence-electron chi connectivity index (χ2n) is 4.66. The maximum absolute atomic E-state index is 13.7. The first-order valence-electron chi connectivity index (χ1n) is 6.51. The predicted octanol–water partition coefficient (Wildman–Crippen LogP) is 3.17. The molecular formula is C16H17ClFNO. The molecular weight excluding hydrogens is 277 g/mol. The Balaban J connectivity index is 1.95. The predicted molar refractivity (Wildman–Crippen MR) is 79.3 cm³/mol. The van der Waals surface area contributed by atoms with Crippen LogP contribution >= 0.6 is 11.6 Å². The Morgan fingerprint density at radius 1 is 1.10 bits per heavy atom. The van der Waals surface area contributed by atoms with Gasteiger partial charge in [-0.3, -0.25) is 0 Å². The zero-order valence-electron chi connectivity index (χ0n) is 11.0. The van der Waals surface area contributed by atoms with Crippen LogP contribution in [0, 0.1) is 5.82 Å². The van der Waals surface area contributed by atoms with Gasteiger partial charge in [-0.15, -0.1) is 0 Å². The molecule has 2 nitrogen and oxygen atoms in total. The molecule has 2 N–H and O–H groups in total. The van der Waals surface area contributed by atoms with E-state index in [0.29, 0.717) is 18.5 Å². The molecule has 2 rings (SSSR count). The van der Waals surface area contributed by atoms with Crippen molar-refractivity contribution in [2.24, 2.45) is 0 Å². The summed E-state index contributed by atoms with van der Waals surface area (Å²) in [4.78, 5) is 0. The fourth-order valence-corrected chi connectivity index (χ4v) is 2.23. The Hall–Kier alpha value is -1.42. The van der Waals surface area contributed by atoms with Crippen LogP contribution in [-0.4, -0.2) is 17.8 Å². The molecule has 0 aliphatic heterocycles. The molecule has 20 heavy (non-hydrogen) atoms. The number of rotatable bonds is 6. The molecule has 0 saturated heterocycles. The molecule has 0 spiro atoms. The van der Waals surface area contributed by atoms with E-state index in [1.165, 1.54) is 6.07 Å². The van der Waals surface area contributed by atoms with Crippen LogP contribution in [-0.2, 0) is 13.0 Å². The van der Waals surface area contributed by atoms with Gasteiger partial charge in [0.25, 0.3) is 0 Å². The Bertz CT molecular complexity index is 547. The van der Waals surface area contributed by atoms with Crippen molar-refractivity contribution in [3.63, 3.8) is 0 Å². The van der Waals surface area contributed by atoms with Gasteiger partial charge in [-0.2, -0.15) is 0 Å². The van der Waals surface area contributed by atoms with Gasteiger partial charge in [-0.25, -0.2) is 4.39 Å². The molecule has 0 radical (unpaired) electrons. The van der Waals surface area contributed by atoms with Gasteiger partial charge in [-0.1, -0.05) is 54.1 Å². The second-order valence-corrected chi connectivity index (χ2v) is 5.07. The van der Waals surface area contributed by atoms with Crippen molar-refractivity contribution < 1.29 is 9.50 Å². The summed E-state index contributed by atoms with van der Waals surface area (Å²) >= 11 is 5.74. The lowest BCUT2D eigenvalue weighted by Gasteiger charge is -2.17. The third kappa shape index (κ3) is 4.04. The van der Waals surface area contributed by atoms with E-state index in [2.05, 4.69) is 5.32 Å². The number of aliphatic hydroxyl groups is 1. The molecule has 4 heteroatoms. The van der Waals surface area contributed by atoms with Crippen molar-refractivity contribution in [3.05, 3.63) is 70.5 Å². The SMILES string of the molecule is OC[C@H](Cc1ccccc1)NCc1cccc(Cl)c1F. The highest BCUT2D eigenvalue weighted by Gasteiger charge is 2.11. The van der Waals surface area contributed by atoms with Crippen molar-refractivity contribution in [2.45, 2.75) is 19.0 Å². The summed E-state index contributed by atoms with van der Waals surface area (Å²) in [6, 6.07) is 14.7. The van der Waals surface area contributed by atoms with Gasteiger partial charge >= 0.3 is 0 Å². The van der Waals surface area contributed by atoms with Crippen LogP contribution in [0.1, 0.15) is 11.1 Å². The monoisotopic (exact) mass is 293 g/mol. The lowest BCUT2D eigenvalue weighted by Crippen LogP contribution is -2.34. The maximum atomic E-state index is 13.7. The third-order valence-electron chi connectivity index (χ3n) is 3.16. The topological polar surface area (TPSA) is 32.3 Å². The van der Waals surface area contributed by atoms with Crippen LogP contribution in [0.5, 0.6) is 0 Å². The van der Waals surface area contributed by atoms with Crippen molar-refractivity contribution in [2.75, 3.05) is 6.61 Å². The molecule has 0 bridgehead atoms. The third-order valence-corrected chi connectivity index (χ3v) is 3.45. The smallest absolute Gasteiger partial charge is 0.146 e. The van der Waals surface area contributed by atoms with Crippen molar-refractivity contribution >= 4 is 11.6 Å². The number of hydrogen-bond acceptors (Lipinski definition) is 2. The first-order chi connectivity index (χ1) is 9.70. The van der Waals surface area contributed by atoms with Crippen LogP contribution < -0.4 is 5.32 Å². The highest BCUT2D eigenvalue weighted by molar-refractivity contribution is 6.30. The molecule has 0 fully saturated rings. The average molecular weight is 294 g/mol. The summed E-state index contributed by atoms with van der Waals surface area (Å²) in [6.45, 7) is 0.335. The van der Waals surface area contributed by atoms with Crippen LogP contribution in [0.4, 0.5) is 4.39 Å². The van der Waals surface area contributed by atoms with Gasteiger partial charge in [0.05, 0.1) is 11.6 Å². The van der Waals surface area contributed by atoms with Gasteiger partial charge in [-0.05, 0) is 18.1 Å². The van der Waals surface area contributed by atoms with Gasteiger partial charge in [0.1, 0.15) is 5.82 Å². The van der Waals surface area contributed by atoms with Gasteiger partial charge < -0.3 is 10.4 Å². The summed E-state index contributed by atoms with van der Waals surface area (Å²) < 4.78 is 13.7. The minimum atomic E-state index is -0.405. The van der Waals surface area contributed by atoms with Gasteiger partial charge in [0, 0.05) is 18.2 Å². The Morgan fingerprint density at radius 3 is 2.55 bits per heavy atom. The largest absolute Gasteiger partial charge is 0.395 e. The second kappa shape index (κ2) is 7.39. The first-order valence-corrected chi connectivity index (χ1v) is 6.89. The highest BCUT2D eigenvalue weighted by atomic mass is 35.5. The van der Waals surface area contributed by atoms with Crippen LogP contribution in [0.25, 0.3) is 0 Å². The van der Waals surface area contributed by atoms with E-state index in [1.54, 1.807) is 12.1 Å². The quantitative estimate of drug-likeness (QED) is 0.857. The maximum Gasteiger partial charge on any atom is 0.146 e. The zero-order valence-corrected chi connectivity index (χ0v) is 11.8. The van der Waals surface area contributed by atoms with Crippen LogP contribution in [0.2, 0.25) is 5.02 Å². The molecule has 0 aliphatic carbocycles. The molecule has 0 heterocycles. The standard InChI is InChI=1S/C16H17ClFNO/c17-15-8-4-7-13(16(15)18)10-19-14(11-20)9-12-5-2-1-3-6-12/h1-8,14,19-20H,9-11H2/t14-/m0/s1. The van der Waals surface area contributed by atoms with Crippen LogP contribution in [0.3, 0.4) is 0 Å². The normalized spacial score (nSPS) is 12.3. The number of benzene rings is 2. The van der Waals surface area contributed by atoms with Gasteiger partial charge in [0.2, 0.25) is 0 Å². The molecule has 106 valence electrons. The van der Waals surface area contributed by atoms with E-state index < -0.39 is 5.82 Å². The molecule has 2 aromatic rings. The molecule has 0 saturated carbocycles. The summed E-state index contributed by atoms with van der Waals surface area (Å²) in [7, 11) is 0. The number of nitrogens with one attached hydrogen (secondary N) is 1. The van der Waals surface area contributed by atoms with Crippen molar-refractivity contribution in [3.8, 4) is 0 Å². The minimum Gasteiger partial charge on any atom is -0.395 e. The zero-order chi connectivity index (χ0) is 14.4. The molecule has 2 aromatic carbocycles. The summed E-state index contributed by atoms with van der Waals surface area (Å²) in [5.74, 6) is -0.405. The molecule has 1 atom stereocenters. The first kappa shape index (κ1) is 15.0. The number of halogens is 2. The summed E-state index contributed by atoms with van der Waals surface area (Å²) in [5.41, 5.74) is 1.63. The van der Waals surface area contributed by atoms with E-state index in [1.807, 2.05) is 30.3 Å². The Kier molecular flexibility index (Phi) is 5.53. The fraction of sp³-hybridized carbons (Fsp3) is 0.250. The van der Waals surface area contributed by atoms with E-state index in [0.717, 1.165) is 5.56 Å². The fourth-order valence-electron chi connectivity index (χ4n) is 2.04. The molecule has 0 aliphatic rings. The summed E-state index contributed by atoms with van der Waals surface area (Å²) in [5, 5.41) is 12.7. The van der Waals surface area contributed by atoms with Crippen LogP contribution in [0.15, 0.2) is 48.5 Å². The van der Waals surface area contributed by atoms with Crippen molar-refractivity contribution in [1.29, 1.82) is 0 Å². The Morgan fingerprint density at radius 2 is 1.85 bits per heavy atom. The van der Waals surface area contributed by atoms with E-state index in [-0.39, 0.29) is 17.7 Å². The molecule has 0 unspecified atom stereocenters. The average Bonchev–Trinajstić information content (AvgIpc) is 2.48. The minimum absolute atomic E-state index is 0.00290. The molecule has 0 amide bonds. The summed E-state index contributed by atoms with van der Waals surface area (Å²) in [6.07, 6.45) is 0.694. The van der Waals surface area contributed by atoms with Crippen molar-refractivity contribution in [1.82, 2.24) is 5.32 Å². The van der Waals surface area contributed by atoms with E-state index in [9.17, 15) is 9.50 Å². The number of hydrogen-bond donors (Lipinski definition) is 2. The van der Waals surface area contributed by atoms with E-state index >= 15 is 0 Å². The highest BCUT2D eigenvalue weighted by Crippen LogP contribution is 2.17. The van der Waals surface area contributed by atoms with Gasteiger partial charge in [0.15, 0.2) is 0 Å². The lowest BCUT2D eigenvalue weighted by atomic mass is 10.1. The molecule has 0 aromatic heterocycles. The lowest BCUT2D eigenvalue weighted by molar-refractivity contribution is 0.240.